The molecule has 2 heterocycles. The van der Waals surface area contributed by atoms with Gasteiger partial charge in [-0.15, -0.1) is 22.7 Å². The van der Waals surface area contributed by atoms with Crippen molar-refractivity contribution in [2.75, 3.05) is 12.4 Å². The second-order valence-electron chi connectivity index (χ2n) is 12.7. The van der Waals surface area contributed by atoms with Crippen molar-refractivity contribution < 1.29 is 18.8 Å². The van der Waals surface area contributed by atoms with E-state index < -0.39 is 11.9 Å². The van der Waals surface area contributed by atoms with Gasteiger partial charge in [0, 0.05) is 24.8 Å². The van der Waals surface area contributed by atoms with Crippen molar-refractivity contribution in [3.05, 3.63) is 135 Å². The van der Waals surface area contributed by atoms with Gasteiger partial charge in [0.1, 0.15) is 16.7 Å². The summed E-state index contributed by atoms with van der Waals surface area (Å²) >= 11 is 2.43. The number of carbonyl (C=O) groups excluding carboxylic acids is 3. The molecule has 8 nitrogen and oxygen atoms in total. The van der Waals surface area contributed by atoms with E-state index in [2.05, 4.69) is 53.5 Å². The van der Waals surface area contributed by atoms with Crippen molar-refractivity contribution in [2.24, 2.45) is 0 Å². The zero-order chi connectivity index (χ0) is 34.7. The van der Waals surface area contributed by atoms with Crippen molar-refractivity contribution in [2.45, 2.75) is 38.8 Å². The highest BCUT2D eigenvalue weighted by Crippen LogP contribution is 2.31. The molecule has 0 aliphatic rings. The Morgan fingerprint density at radius 1 is 0.898 bits per heavy atom. The maximum Gasteiger partial charge on any atom is 0.281 e. The molecule has 0 bridgehead atoms. The third-order valence-corrected chi connectivity index (χ3v) is 9.85. The smallest absolute Gasteiger partial charge is 0.281 e. The van der Waals surface area contributed by atoms with Crippen LogP contribution in [0.2, 0.25) is 0 Å². The molecular formula is C38H34FN5O3S2. The average Bonchev–Trinajstić information content (AvgIpc) is 3.76. The molecule has 0 aliphatic heterocycles. The van der Waals surface area contributed by atoms with Gasteiger partial charge in [0.15, 0.2) is 5.01 Å². The van der Waals surface area contributed by atoms with E-state index in [9.17, 15) is 18.8 Å². The number of nitrogens with one attached hydrogen (secondary N) is 2. The molecule has 0 unspecified atom stereocenters. The highest BCUT2D eigenvalue weighted by Gasteiger charge is 2.28. The predicted molar refractivity (Wildman–Crippen MR) is 193 cm³/mol. The van der Waals surface area contributed by atoms with Gasteiger partial charge in [0.05, 0.1) is 21.4 Å². The summed E-state index contributed by atoms with van der Waals surface area (Å²) in [5.41, 5.74) is 6.86. The molecule has 0 radical (unpaired) electrons. The Hall–Kier alpha value is -5.26. The zero-order valence-electron chi connectivity index (χ0n) is 27.4. The van der Waals surface area contributed by atoms with E-state index in [4.69, 9.17) is 0 Å². The summed E-state index contributed by atoms with van der Waals surface area (Å²) in [7, 11) is 1.64. The van der Waals surface area contributed by atoms with Gasteiger partial charge >= 0.3 is 0 Å². The molecule has 2 N–H and O–H groups in total. The van der Waals surface area contributed by atoms with E-state index in [1.807, 2.05) is 18.2 Å². The number of hydrogen-bond donors (Lipinski definition) is 2. The molecule has 11 heteroatoms. The molecule has 0 fully saturated rings. The van der Waals surface area contributed by atoms with Crippen molar-refractivity contribution in [1.29, 1.82) is 0 Å². The molecule has 49 heavy (non-hydrogen) atoms. The summed E-state index contributed by atoms with van der Waals surface area (Å²) in [6.45, 7) is 6.70. The first-order chi connectivity index (χ1) is 23.5. The molecule has 0 aliphatic carbocycles. The van der Waals surface area contributed by atoms with Crippen LogP contribution in [0.1, 0.15) is 63.0 Å². The maximum atomic E-state index is 13.6. The first-order valence-electron chi connectivity index (χ1n) is 15.6. The molecular weight excluding hydrogens is 658 g/mol. The van der Waals surface area contributed by atoms with Crippen molar-refractivity contribution in [3.8, 4) is 11.3 Å². The number of carbonyl (C=O) groups is 3. The molecule has 0 spiro atoms. The van der Waals surface area contributed by atoms with Gasteiger partial charge in [-0.05, 0) is 52.4 Å². The summed E-state index contributed by atoms with van der Waals surface area (Å²) in [4.78, 5) is 51.5. The van der Waals surface area contributed by atoms with Crippen LogP contribution in [0.4, 0.5) is 10.1 Å². The largest absolute Gasteiger partial charge is 0.339 e. The van der Waals surface area contributed by atoms with Crippen molar-refractivity contribution >= 4 is 56.3 Å². The van der Waals surface area contributed by atoms with Crippen LogP contribution in [0.3, 0.4) is 0 Å². The van der Waals surface area contributed by atoms with E-state index in [-0.39, 0.29) is 34.6 Å². The van der Waals surface area contributed by atoms with Crippen LogP contribution in [-0.2, 0) is 16.8 Å². The lowest BCUT2D eigenvalue weighted by atomic mass is 9.86. The normalized spacial score (nSPS) is 12.0. The van der Waals surface area contributed by atoms with Gasteiger partial charge in [0.25, 0.3) is 11.8 Å². The minimum atomic E-state index is -0.973. The van der Waals surface area contributed by atoms with Crippen LogP contribution < -0.4 is 10.6 Å². The highest BCUT2D eigenvalue weighted by molar-refractivity contribution is 7.20. The van der Waals surface area contributed by atoms with Gasteiger partial charge in [0.2, 0.25) is 5.91 Å². The van der Waals surface area contributed by atoms with Gasteiger partial charge in [-0.3, -0.25) is 14.4 Å². The first-order valence-corrected chi connectivity index (χ1v) is 17.3. The van der Waals surface area contributed by atoms with Gasteiger partial charge in [-0.2, -0.15) is 0 Å². The van der Waals surface area contributed by atoms with Crippen LogP contribution in [-0.4, -0.2) is 39.6 Å². The van der Waals surface area contributed by atoms with Crippen LogP contribution in [0.15, 0.2) is 103 Å². The summed E-state index contributed by atoms with van der Waals surface area (Å²) in [5, 5.41) is 6.01. The molecule has 3 amide bonds. The lowest BCUT2D eigenvalue weighted by molar-refractivity contribution is -0.132. The number of fused-ring (bicyclic) bond motifs is 1. The number of nitrogens with zero attached hydrogens (tertiary/aromatic N) is 3. The molecule has 6 aromatic rings. The summed E-state index contributed by atoms with van der Waals surface area (Å²) in [6.07, 6.45) is 0. The molecule has 2 aromatic heterocycles. The van der Waals surface area contributed by atoms with Crippen molar-refractivity contribution in [1.82, 2.24) is 20.2 Å². The molecule has 1 atom stereocenters. The third kappa shape index (κ3) is 7.74. The number of amides is 3. The predicted octanol–water partition coefficient (Wildman–Crippen LogP) is 8.24. The number of likely N-dealkylation sites (N-methyl/N-ethyl adjacent to an activating group) is 1. The summed E-state index contributed by atoms with van der Waals surface area (Å²) < 4.78 is 14.1. The number of hydrogen-bond acceptors (Lipinski definition) is 7. The SMILES string of the molecule is CN(Cc1ccc(F)cc1)C(=O)[C@H](NC(=O)c1nc2ccc(NC(=O)c3scnc3-c3ccc(C(C)(C)C)cc3)cc2s1)c1ccccc1. The Morgan fingerprint density at radius 3 is 2.31 bits per heavy atom. The molecule has 248 valence electrons. The monoisotopic (exact) mass is 691 g/mol. The Bertz CT molecular complexity index is 2120. The summed E-state index contributed by atoms with van der Waals surface area (Å²) in [6, 6.07) is 27.3. The van der Waals surface area contributed by atoms with Crippen LogP contribution in [0, 0.1) is 5.82 Å². The van der Waals surface area contributed by atoms with E-state index in [1.54, 1.807) is 67.2 Å². The standard InChI is InChI=1S/C38H34FN5O3S2/c1-38(2,3)26-14-12-25(13-15-26)31-33(48-22-40-31)34(45)41-28-18-19-29-30(20-28)49-36(42-29)35(46)43-32(24-8-6-5-7-9-24)37(47)44(4)21-23-10-16-27(39)17-11-23/h5-20,22,32H,21H2,1-4H3,(H,41,45)(H,43,46)/t32-/m1/s1. The topological polar surface area (TPSA) is 104 Å². The maximum absolute atomic E-state index is 13.6. The first kappa shape index (κ1) is 33.6. The molecule has 4 aromatic carbocycles. The van der Waals surface area contributed by atoms with E-state index in [0.717, 1.165) is 22.5 Å². The number of halogens is 1. The fourth-order valence-corrected chi connectivity index (χ4v) is 6.93. The molecule has 0 saturated heterocycles. The van der Waals surface area contributed by atoms with Crippen LogP contribution in [0.5, 0.6) is 0 Å². The van der Waals surface area contributed by atoms with Gasteiger partial charge < -0.3 is 15.5 Å². The minimum Gasteiger partial charge on any atom is -0.339 e. The van der Waals surface area contributed by atoms with E-state index >= 15 is 0 Å². The average molecular weight is 692 g/mol. The molecule has 0 saturated carbocycles. The minimum absolute atomic E-state index is 0.0145. The fourth-order valence-electron chi connectivity index (χ4n) is 5.32. The Labute approximate surface area is 291 Å². The Kier molecular flexibility index (Phi) is 9.66. The highest BCUT2D eigenvalue weighted by atomic mass is 32.1. The lowest BCUT2D eigenvalue weighted by Crippen LogP contribution is -2.41. The number of thiazole rings is 2. The number of benzene rings is 4. The van der Waals surface area contributed by atoms with E-state index in [1.165, 1.54) is 33.9 Å². The third-order valence-electron chi connectivity index (χ3n) is 8.00. The van der Waals surface area contributed by atoms with Crippen LogP contribution in [0.25, 0.3) is 21.5 Å². The number of rotatable bonds is 9. The van der Waals surface area contributed by atoms with Gasteiger partial charge in [-0.25, -0.2) is 14.4 Å². The van der Waals surface area contributed by atoms with E-state index in [0.29, 0.717) is 32.0 Å². The number of anilines is 1. The second-order valence-corrected chi connectivity index (χ2v) is 14.5. The second kappa shape index (κ2) is 14.1. The summed E-state index contributed by atoms with van der Waals surface area (Å²) in [5.74, 6) is -1.48. The Balaban J connectivity index is 1.17. The zero-order valence-corrected chi connectivity index (χ0v) is 29.0. The number of aromatic nitrogens is 2. The van der Waals surface area contributed by atoms with Gasteiger partial charge in [-0.1, -0.05) is 87.5 Å². The van der Waals surface area contributed by atoms with Crippen LogP contribution >= 0.6 is 22.7 Å². The lowest BCUT2D eigenvalue weighted by Gasteiger charge is -2.25. The molecule has 6 rings (SSSR count). The quantitative estimate of drug-likeness (QED) is 0.159. The fraction of sp³-hybridized carbons (Fsp3) is 0.184. The van der Waals surface area contributed by atoms with Crippen molar-refractivity contribution in [3.63, 3.8) is 0 Å². The Morgan fingerprint density at radius 2 is 1.61 bits per heavy atom.